The molecule has 9 nitrogen and oxygen atoms in total. The highest BCUT2D eigenvalue weighted by Gasteiger charge is 2.40. The van der Waals surface area contributed by atoms with Crippen LogP contribution in [0.25, 0.3) is 0 Å². The van der Waals surface area contributed by atoms with Gasteiger partial charge in [-0.15, -0.1) is 0 Å². The molecule has 2 unspecified atom stereocenters. The van der Waals surface area contributed by atoms with Gasteiger partial charge in [-0.2, -0.15) is 5.10 Å². The van der Waals surface area contributed by atoms with E-state index in [1.54, 1.807) is 6.92 Å². The molecule has 2 aliphatic rings. The van der Waals surface area contributed by atoms with Crippen LogP contribution in [0.3, 0.4) is 0 Å². The molecule has 2 aromatic rings. The number of hydrogen-bond donors (Lipinski definition) is 1. The summed E-state index contributed by atoms with van der Waals surface area (Å²) < 4.78 is 26.1. The van der Waals surface area contributed by atoms with E-state index in [0.29, 0.717) is 19.0 Å². The summed E-state index contributed by atoms with van der Waals surface area (Å²) in [6, 6.07) is 12.6. The zero-order valence-corrected chi connectivity index (χ0v) is 23.5. The number of hydrogen-bond acceptors (Lipinski definition) is 5. The van der Waals surface area contributed by atoms with Crippen molar-refractivity contribution in [3.05, 3.63) is 64.5 Å². The minimum atomic E-state index is -3.33. The van der Waals surface area contributed by atoms with Crippen molar-refractivity contribution >= 4 is 28.4 Å². The molecule has 0 bridgehead atoms. The maximum absolute atomic E-state index is 13.3. The van der Waals surface area contributed by atoms with Crippen LogP contribution < -0.4 is 5.32 Å². The molecule has 2 amide bonds. The number of aromatic nitrogens is 2. The Balaban J connectivity index is 1.53. The van der Waals surface area contributed by atoms with Gasteiger partial charge in [0.1, 0.15) is 5.84 Å². The van der Waals surface area contributed by atoms with E-state index in [0.717, 1.165) is 5.69 Å². The van der Waals surface area contributed by atoms with Gasteiger partial charge in [0, 0.05) is 48.8 Å². The van der Waals surface area contributed by atoms with Gasteiger partial charge in [0.05, 0.1) is 22.9 Å². The van der Waals surface area contributed by atoms with E-state index in [2.05, 4.69) is 58.7 Å². The van der Waals surface area contributed by atoms with Gasteiger partial charge in [-0.3, -0.25) is 4.68 Å². The topological polar surface area (TPSA) is 109 Å². The van der Waals surface area contributed by atoms with Gasteiger partial charge >= 0.3 is 6.03 Å². The van der Waals surface area contributed by atoms with Crippen molar-refractivity contribution < 1.29 is 13.2 Å². The molecule has 2 heterocycles. The molecule has 204 valence electrons. The van der Waals surface area contributed by atoms with Crippen molar-refractivity contribution in [3.8, 4) is 0 Å². The number of urea groups is 1. The molecule has 0 spiro atoms. The number of carbonyl (C=O) groups is 1. The highest BCUT2D eigenvalue weighted by molar-refractivity contribution is 7.95. The van der Waals surface area contributed by atoms with Crippen LogP contribution in [0.2, 0.25) is 0 Å². The summed E-state index contributed by atoms with van der Waals surface area (Å²) in [7, 11) is -3.33. The summed E-state index contributed by atoms with van der Waals surface area (Å²) in [6.45, 7) is 12.1. The van der Waals surface area contributed by atoms with Crippen molar-refractivity contribution in [1.82, 2.24) is 20.0 Å². The summed E-state index contributed by atoms with van der Waals surface area (Å²) >= 11 is 0. The van der Waals surface area contributed by atoms with Gasteiger partial charge in [-0.1, -0.05) is 37.3 Å². The van der Waals surface area contributed by atoms with E-state index in [9.17, 15) is 13.2 Å². The number of nitrogens with zero attached hydrogens (tertiary/aromatic N) is 5. The van der Waals surface area contributed by atoms with E-state index in [1.807, 2.05) is 23.1 Å². The number of amides is 2. The molecule has 10 heteroatoms. The summed E-state index contributed by atoms with van der Waals surface area (Å²) in [5.41, 5.74) is 3.54. The maximum Gasteiger partial charge on any atom is 0.317 e. The number of carbonyl (C=O) groups excluding carboxylic acids is 1. The summed E-state index contributed by atoms with van der Waals surface area (Å²) in [6.07, 6.45) is 3.64. The Morgan fingerprint density at radius 1 is 1.21 bits per heavy atom. The second-order valence-corrected chi connectivity index (χ2v) is 12.8. The highest BCUT2D eigenvalue weighted by atomic mass is 32.2. The molecule has 2 fully saturated rings. The first-order valence-electron chi connectivity index (χ1n) is 13.2. The fourth-order valence-corrected chi connectivity index (χ4v) is 5.56. The quantitative estimate of drug-likeness (QED) is 0.371. The van der Waals surface area contributed by atoms with E-state index >= 15 is 0 Å². The third-order valence-electron chi connectivity index (χ3n) is 7.33. The molecule has 1 N–H and O–H groups in total. The lowest BCUT2D eigenvalue weighted by Gasteiger charge is -2.21. The number of amidine groups is 1. The Labute approximate surface area is 225 Å². The van der Waals surface area contributed by atoms with Crippen molar-refractivity contribution in [2.24, 2.45) is 9.98 Å². The first-order valence-corrected chi connectivity index (χ1v) is 14.9. The number of nitrogens with one attached hydrogen (secondary N) is 1. The third kappa shape index (κ3) is 6.23. The van der Waals surface area contributed by atoms with Crippen LogP contribution in [0.5, 0.6) is 0 Å². The molecule has 0 radical (unpaired) electrons. The Morgan fingerprint density at radius 2 is 1.89 bits per heavy atom. The summed E-state index contributed by atoms with van der Waals surface area (Å²) in [4.78, 5) is 23.3. The van der Waals surface area contributed by atoms with Gasteiger partial charge in [0.2, 0.25) is 0 Å². The van der Waals surface area contributed by atoms with Gasteiger partial charge in [0.15, 0.2) is 9.84 Å². The van der Waals surface area contributed by atoms with Crippen LogP contribution >= 0.6 is 0 Å². The Morgan fingerprint density at radius 3 is 2.50 bits per heavy atom. The first-order chi connectivity index (χ1) is 18.1. The summed E-state index contributed by atoms with van der Waals surface area (Å²) in [5.74, 6) is 1.04. The van der Waals surface area contributed by atoms with Gasteiger partial charge in [0.25, 0.3) is 0 Å². The molecule has 1 aliphatic heterocycles. The third-order valence-corrected chi connectivity index (χ3v) is 9.18. The smallest absolute Gasteiger partial charge is 0.317 e. The normalized spacial score (nSPS) is 20.7. The second-order valence-electron chi connectivity index (χ2n) is 10.3. The van der Waals surface area contributed by atoms with Crippen molar-refractivity contribution in [2.45, 2.75) is 64.3 Å². The number of benzene rings is 1. The number of aliphatic imine (C=N–C) groups is 2. The van der Waals surface area contributed by atoms with Crippen LogP contribution in [0, 0.1) is 0 Å². The molecule has 1 saturated heterocycles. The SMILES string of the molecule is C=NC(CNC(=O)N1CC(c2ccccc2)C(c2cc(C3CC3)nn2C(C)C)C1)=N/C=C(\C)S(=O)(=O)CC. The van der Waals surface area contributed by atoms with Crippen molar-refractivity contribution in [2.75, 3.05) is 25.4 Å². The predicted molar refractivity (Wildman–Crippen MR) is 152 cm³/mol. The molecule has 1 aliphatic carbocycles. The molecule has 2 atom stereocenters. The van der Waals surface area contributed by atoms with E-state index < -0.39 is 9.84 Å². The van der Waals surface area contributed by atoms with Crippen molar-refractivity contribution in [1.29, 1.82) is 0 Å². The lowest BCUT2D eigenvalue weighted by Crippen LogP contribution is -2.40. The molecule has 1 aromatic heterocycles. The molecule has 1 aromatic carbocycles. The fourth-order valence-electron chi connectivity index (χ4n) is 4.89. The van der Waals surface area contributed by atoms with Gasteiger partial charge in [-0.25, -0.2) is 23.2 Å². The van der Waals surface area contributed by atoms with Crippen molar-refractivity contribution in [3.63, 3.8) is 0 Å². The van der Waals surface area contributed by atoms with E-state index in [4.69, 9.17) is 5.10 Å². The monoisotopic (exact) mass is 538 g/mol. The van der Waals surface area contributed by atoms with Crippen LogP contribution in [0.4, 0.5) is 4.79 Å². The highest BCUT2D eigenvalue weighted by Crippen LogP contribution is 2.44. The maximum atomic E-state index is 13.3. The minimum Gasteiger partial charge on any atom is -0.331 e. The van der Waals surface area contributed by atoms with Crippen LogP contribution in [-0.2, 0) is 9.84 Å². The zero-order chi connectivity index (χ0) is 27.4. The average Bonchev–Trinajstić information content (AvgIpc) is 3.51. The number of likely N-dealkylation sites (tertiary alicyclic amines) is 1. The lowest BCUT2D eigenvalue weighted by molar-refractivity contribution is 0.209. The standard InChI is InChI=1S/C28H38N6O3S/c1-6-38(36,37)20(4)15-30-27(29-5)16-31-28(35)33-17-23(21-10-8-7-9-11-21)24(18-33)26-14-25(22-12-13-22)32-34(26)19(2)3/h7-11,14-15,19,22-24H,5-6,12-13,16-18H2,1-4H3,(H,31,35)/b20-15+,30-27?. The Kier molecular flexibility index (Phi) is 8.50. The average molecular weight is 539 g/mol. The Hall–Kier alpha value is -3.27. The zero-order valence-electron chi connectivity index (χ0n) is 22.7. The molecule has 38 heavy (non-hydrogen) atoms. The Bertz CT molecular complexity index is 1330. The minimum absolute atomic E-state index is 0.00495. The van der Waals surface area contributed by atoms with Crippen LogP contribution in [0.15, 0.2) is 57.5 Å². The largest absolute Gasteiger partial charge is 0.331 e. The van der Waals surface area contributed by atoms with Crippen LogP contribution in [0.1, 0.15) is 81.3 Å². The number of rotatable bonds is 9. The lowest BCUT2D eigenvalue weighted by atomic mass is 9.86. The fraction of sp³-hybridized carbons (Fsp3) is 0.500. The first kappa shape index (κ1) is 27.8. The molecular formula is C28H38N6O3S. The molecule has 1 saturated carbocycles. The molecular weight excluding hydrogens is 500 g/mol. The predicted octanol–water partition coefficient (Wildman–Crippen LogP) is 4.63. The number of sulfone groups is 1. The van der Waals surface area contributed by atoms with Gasteiger partial charge < -0.3 is 10.2 Å². The van der Waals surface area contributed by atoms with Crippen LogP contribution in [-0.4, -0.2) is 67.1 Å². The van der Waals surface area contributed by atoms with Gasteiger partial charge in [-0.05, 0) is 52.0 Å². The summed E-state index contributed by atoms with van der Waals surface area (Å²) in [5, 5.41) is 7.85. The molecule has 4 rings (SSSR count). The second kappa shape index (κ2) is 11.6. The van der Waals surface area contributed by atoms with E-state index in [-0.39, 0.29) is 46.9 Å². The van der Waals surface area contributed by atoms with E-state index in [1.165, 1.54) is 37.2 Å². The number of allylic oxidation sites excluding steroid dienone is 1.